The average Bonchev–Trinajstić information content (AvgIpc) is 2.68. The molecule has 0 aliphatic heterocycles. The molecule has 2 aromatic rings. The monoisotopic (exact) mass is 391 g/mol. The number of aromatic nitrogens is 1. The molecule has 0 aliphatic rings. The van der Waals surface area contributed by atoms with E-state index in [2.05, 4.69) is 25.8 Å². The maximum absolute atomic E-state index is 13.1. The number of carbonyl (C=O) groups excluding carboxylic acids is 2. The highest BCUT2D eigenvalue weighted by Crippen LogP contribution is 2.25. The standard InChI is InChI=1S/C14H11FN2O4.C6H15N/c15-10-3-1-2-8(4-10)9-5-11(18)13(16-6-9)14(21)17-7-12(19)20;1-4-7(5-2)6-3/h1-6,18H,7H2,(H,17,21)(H,19,20);4-6H2,1-3H3. The van der Waals surface area contributed by atoms with Crippen LogP contribution >= 0.6 is 0 Å². The Bertz CT molecular complexity index is 789. The van der Waals surface area contributed by atoms with Gasteiger partial charge in [-0.05, 0) is 44.5 Å². The average molecular weight is 391 g/mol. The summed E-state index contributed by atoms with van der Waals surface area (Å²) in [6, 6.07) is 6.90. The van der Waals surface area contributed by atoms with E-state index >= 15 is 0 Å². The third kappa shape index (κ3) is 7.32. The number of aliphatic carboxylic acids is 1. The number of nitrogens with one attached hydrogen (secondary N) is 2. The lowest BCUT2D eigenvalue weighted by Gasteiger charge is -2.10. The van der Waals surface area contributed by atoms with Crippen LogP contribution in [-0.4, -0.2) is 48.1 Å². The lowest BCUT2D eigenvalue weighted by molar-refractivity contribution is -0.894. The van der Waals surface area contributed by atoms with E-state index in [0.717, 1.165) is 0 Å². The van der Waals surface area contributed by atoms with E-state index in [9.17, 15) is 24.2 Å². The summed E-state index contributed by atoms with van der Waals surface area (Å²) < 4.78 is 13.1. The fourth-order valence-electron chi connectivity index (χ4n) is 2.44. The summed E-state index contributed by atoms with van der Waals surface area (Å²) >= 11 is 0. The number of benzene rings is 1. The molecule has 0 saturated heterocycles. The van der Waals surface area contributed by atoms with Crippen LogP contribution in [0.15, 0.2) is 36.5 Å². The molecule has 3 N–H and O–H groups in total. The minimum absolute atomic E-state index is 0.323. The van der Waals surface area contributed by atoms with Crippen molar-refractivity contribution >= 4 is 11.9 Å². The lowest BCUT2D eigenvalue weighted by atomic mass is 10.1. The molecule has 0 atom stereocenters. The Labute approximate surface area is 163 Å². The normalized spacial score (nSPS) is 10.2. The van der Waals surface area contributed by atoms with Crippen LogP contribution in [0.25, 0.3) is 11.1 Å². The third-order valence-corrected chi connectivity index (χ3v) is 4.13. The van der Waals surface area contributed by atoms with Gasteiger partial charge in [-0.15, -0.1) is 0 Å². The van der Waals surface area contributed by atoms with Crippen molar-refractivity contribution in [1.82, 2.24) is 10.3 Å². The summed E-state index contributed by atoms with van der Waals surface area (Å²) in [7, 11) is 0. The first kappa shape index (κ1) is 23.0. The minimum atomic E-state index is -1.46. The quantitative estimate of drug-likeness (QED) is 0.616. The van der Waals surface area contributed by atoms with Crippen LogP contribution in [0.4, 0.5) is 4.39 Å². The Morgan fingerprint density at radius 2 is 1.79 bits per heavy atom. The second-order valence-electron chi connectivity index (χ2n) is 5.97. The topological polar surface area (TPSA) is 107 Å². The highest BCUT2D eigenvalue weighted by Gasteiger charge is 2.14. The predicted octanol–water partition coefficient (Wildman–Crippen LogP) is 0.00400. The number of hydrogen-bond donors (Lipinski definition) is 3. The second kappa shape index (κ2) is 11.7. The van der Waals surface area contributed by atoms with E-state index in [1.165, 1.54) is 50.1 Å². The number of carboxylic acids is 1. The Morgan fingerprint density at radius 3 is 2.25 bits per heavy atom. The molecule has 152 valence electrons. The Balaban J connectivity index is 0.000000480. The Morgan fingerprint density at radius 1 is 1.14 bits per heavy atom. The van der Waals surface area contributed by atoms with Crippen molar-refractivity contribution in [2.75, 3.05) is 26.2 Å². The molecule has 8 heteroatoms. The van der Waals surface area contributed by atoms with E-state index in [1.54, 1.807) is 11.0 Å². The smallest absolute Gasteiger partial charge is 0.274 e. The van der Waals surface area contributed by atoms with E-state index < -0.39 is 30.0 Å². The number of halogens is 1. The van der Waals surface area contributed by atoms with E-state index in [-0.39, 0.29) is 5.69 Å². The number of rotatable bonds is 7. The molecule has 2 rings (SSSR count). The van der Waals surface area contributed by atoms with Crippen LogP contribution < -0.4 is 15.3 Å². The molecule has 0 spiro atoms. The molecule has 1 aromatic carbocycles. The molecule has 0 unspecified atom stereocenters. The predicted molar refractivity (Wildman–Crippen MR) is 101 cm³/mol. The van der Waals surface area contributed by atoms with Crippen molar-refractivity contribution in [2.24, 2.45) is 0 Å². The highest BCUT2D eigenvalue weighted by molar-refractivity contribution is 5.96. The summed E-state index contributed by atoms with van der Waals surface area (Å²) in [4.78, 5) is 27.3. The van der Waals surface area contributed by atoms with Gasteiger partial charge in [0.25, 0.3) is 5.91 Å². The fourth-order valence-corrected chi connectivity index (χ4v) is 2.44. The highest BCUT2D eigenvalue weighted by atomic mass is 19.1. The van der Waals surface area contributed by atoms with Gasteiger partial charge in [-0.2, -0.15) is 0 Å². The van der Waals surface area contributed by atoms with Gasteiger partial charge in [0.1, 0.15) is 11.6 Å². The van der Waals surface area contributed by atoms with Crippen molar-refractivity contribution in [1.29, 1.82) is 0 Å². The Hall–Kier alpha value is -3.00. The number of aromatic hydroxyl groups is 1. The van der Waals surface area contributed by atoms with Crippen molar-refractivity contribution in [2.45, 2.75) is 20.8 Å². The van der Waals surface area contributed by atoms with Gasteiger partial charge < -0.3 is 25.2 Å². The summed E-state index contributed by atoms with van der Waals surface area (Å²) in [6.45, 7) is 9.80. The number of carboxylic acid groups (broad SMARTS) is 1. The third-order valence-electron chi connectivity index (χ3n) is 4.13. The molecule has 1 aromatic heterocycles. The molecule has 1 amide bonds. The molecular weight excluding hydrogens is 365 g/mol. The summed E-state index contributed by atoms with van der Waals surface area (Å²) in [5, 5.41) is 22.0. The second-order valence-corrected chi connectivity index (χ2v) is 5.97. The molecule has 7 nitrogen and oxygen atoms in total. The van der Waals surface area contributed by atoms with Crippen LogP contribution in [0.2, 0.25) is 0 Å². The molecule has 0 saturated carbocycles. The molecule has 0 aliphatic carbocycles. The molecule has 0 fully saturated rings. The minimum Gasteiger partial charge on any atom is -0.548 e. The summed E-state index contributed by atoms with van der Waals surface area (Å²) in [5.74, 6) is -3.18. The van der Waals surface area contributed by atoms with Crippen LogP contribution in [0, 0.1) is 5.82 Å². The number of quaternary nitrogens is 1. The largest absolute Gasteiger partial charge is 0.548 e. The summed E-state index contributed by atoms with van der Waals surface area (Å²) in [5.41, 5.74) is 0.583. The Kier molecular flexibility index (Phi) is 9.59. The zero-order chi connectivity index (χ0) is 21.1. The molecule has 0 radical (unpaired) electrons. The van der Waals surface area contributed by atoms with Crippen LogP contribution in [-0.2, 0) is 4.79 Å². The van der Waals surface area contributed by atoms with E-state index in [0.29, 0.717) is 11.1 Å². The first-order chi connectivity index (χ1) is 13.3. The summed E-state index contributed by atoms with van der Waals surface area (Å²) in [6.07, 6.45) is 1.28. The van der Waals surface area contributed by atoms with Crippen LogP contribution in [0.1, 0.15) is 31.3 Å². The van der Waals surface area contributed by atoms with Gasteiger partial charge in [-0.25, -0.2) is 9.37 Å². The molecule has 1 heterocycles. The zero-order valence-corrected chi connectivity index (χ0v) is 16.3. The lowest BCUT2D eigenvalue weighted by Crippen LogP contribution is -3.11. The number of hydrogen-bond acceptors (Lipinski definition) is 5. The van der Waals surface area contributed by atoms with Gasteiger partial charge >= 0.3 is 0 Å². The van der Waals surface area contributed by atoms with Crippen molar-refractivity contribution in [3.05, 3.63) is 48.0 Å². The number of amides is 1. The first-order valence-corrected chi connectivity index (χ1v) is 9.08. The van der Waals surface area contributed by atoms with Gasteiger partial charge in [-0.3, -0.25) is 4.79 Å². The van der Waals surface area contributed by atoms with Gasteiger partial charge in [0.15, 0.2) is 5.69 Å². The van der Waals surface area contributed by atoms with Gasteiger partial charge in [-0.1, -0.05) is 12.1 Å². The number of pyridine rings is 1. The molecule has 28 heavy (non-hydrogen) atoms. The maximum atomic E-state index is 13.1. The van der Waals surface area contributed by atoms with Gasteiger partial charge in [0.05, 0.1) is 32.1 Å². The van der Waals surface area contributed by atoms with E-state index in [1.807, 2.05) is 5.32 Å². The van der Waals surface area contributed by atoms with Crippen molar-refractivity contribution in [3.63, 3.8) is 0 Å². The van der Waals surface area contributed by atoms with Crippen LogP contribution in [0.5, 0.6) is 5.75 Å². The van der Waals surface area contributed by atoms with Crippen LogP contribution in [0.3, 0.4) is 0 Å². The van der Waals surface area contributed by atoms with Gasteiger partial charge in [0, 0.05) is 11.8 Å². The first-order valence-electron chi connectivity index (χ1n) is 9.08. The number of nitrogens with zero attached hydrogens (tertiary/aromatic N) is 1. The maximum Gasteiger partial charge on any atom is 0.274 e. The SMILES string of the molecule is CC[NH+](CC)CC.O=C([O-])CNC(=O)c1ncc(-c2cccc(F)c2)cc1O. The van der Waals surface area contributed by atoms with Gasteiger partial charge in [0.2, 0.25) is 0 Å². The van der Waals surface area contributed by atoms with E-state index in [4.69, 9.17) is 0 Å². The van der Waals surface area contributed by atoms with Crippen molar-refractivity contribution < 1.29 is 29.1 Å². The zero-order valence-electron chi connectivity index (χ0n) is 16.3. The molecule has 0 bridgehead atoms. The number of carbonyl (C=O) groups is 2. The van der Waals surface area contributed by atoms with Crippen molar-refractivity contribution in [3.8, 4) is 16.9 Å². The molecular formula is C20H26FN3O4. The fraction of sp³-hybridized carbons (Fsp3) is 0.350.